The number of hydrogen-bond donors (Lipinski definition) is 2. The molecule has 0 bridgehead atoms. The van der Waals surface area contributed by atoms with Gasteiger partial charge < -0.3 is 15.2 Å². The van der Waals surface area contributed by atoms with Crippen LogP contribution in [-0.4, -0.2) is 24.7 Å². The lowest BCUT2D eigenvalue weighted by Crippen LogP contribution is -2.20. The van der Waals surface area contributed by atoms with Crippen molar-refractivity contribution in [3.63, 3.8) is 0 Å². The molecule has 0 heterocycles. The van der Waals surface area contributed by atoms with Crippen molar-refractivity contribution < 1.29 is 14.6 Å². The van der Waals surface area contributed by atoms with Crippen LogP contribution in [0, 0.1) is 6.92 Å². The molecule has 0 saturated heterocycles. The quantitative estimate of drug-likeness (QED) is 0.783. The molecule has 1 aromatic rings. The predicted molar refractivity (Wildman–Crippen MR) is 61.3 cm³/mol. The fourth-order valence-electron chi connectivity index (χ4n) is 1.42. The van der Waals surface area contributed by atoms with Crippen LogP contribution in [0.15, 0.2) is 18.2 Å². The summed E-state index contributed by atoms with van der Waals surface area (Å²) in [5.74, 6) is 0.619. The van der Waals surface area contributed by atoms with Gasteiger partial charge in [0.15, 0.2) is 0 Å². The summed E-state index contributed by atoms with van der Waals surface area (Å²) in [5, 5.41) is 11.7. The largest absolute Gasteiger partial charge is 0.492 e. The van der Waals surface area contributed by atoms with Crippen molar-refractivity contribution in [2.45, 2.75) is 20.0 Å². The van der Waals surface area contributed by atoms with Gasteiger partial charge in [-0.15, -0.1) is 0 Å². The summed E-state index contributed by atoms with van der Waals surface area (Å²) in [7, 11) is 1.59. The van der Waals surface area contributed by atoms with Gasteiger partial charge in [0.2, 0.25) is 5.91 Å². The van der Waals surface area contributed by atoms with Gasteiger partial charge in [0, 0.05) is 12.6 Å². The van der Waals surface area contributed by atoms with E-state index in [1.807, 2.05) is 25.1 Å². The fourth-order valence-corrected chi connectivity index (χ4v) is 1.42. The number of ether oxygens (including phenoxy) is 1. The van der Waals surface area contributed by atoms with Crippen LogP contribution in [0.2, 0.25) is 0 Å². The Morgan fingerprint density at radius 3 is 2.88 bits per heavy atom. The zero-order chi connectivity index (χ0) is 12.0. The third-order valence-electron chi connectivity index (χ3n) is 2.32. The Bertz CT molecular complexity index is 363. The molecule has 0 unspecified atom stereocenters. The second kappa shape index (κ2) is 6.12. The molecule has 0 aliphatic rings. The first kappa shape index (κ1) is 12.5. The van der Waals surface area contributed by atoms with Crippen molar-refractivity contribution in [1.29, 1.82) is 0 Å². The summed E-state index contributed by atoms with van der Waals surface area (Å²) in [6.45, 7) is 2.17. The highest BCUT2D eigenvalue weighted by atomic mass is 16.5. The van der Waals surface area contributed by atoms with E-state index in [-0.39, 0.29) is 12.5 Å². The van der Waals surface area contributed by atoms with Crippen molar-refractivity contribution in [3.8, 4) is 5.75 Å². The second-order valence-electron chi connectivity index (χ2n) is 3.49. The van der Waals surface area contributed by atoms with Crippen LogP contribution < -0.4 is 10.1 Å². The Balaban J connectivity index is 2.62. The lowest BCUT2D eigenvalue weighted by atomic mass is 10.1. The van der Waals surface area contributed by atoms with Crippen molar-refractivity contribution in [3.05, 3.63) is 29.3 Å². The number of hydrogen-bond acceptors (Lipinski definition) is 3. The molecule has 0 aliphatic carbocycles. The number of benzene rings is 1. The standard InChI is InChI=1S/C12H17NO3/c1-9-4-3-5-10(8-14)12(9)16-7-6-11(15)13-2/h3-5,14H,6-8H2,1-2H3,(H,13,15). The third kappa shape index (κ3) is 3.24. The van der Waals surface area contributed by atoms with E-state index < -0.39 is 0 Å². The highest BCUT2D eigenvalue weighted by Gasteiger charge is 2.06. The Morgan fingerprint density at radius 1 is 1.50 bits per heavy atom. The molecule has 2 N–H and O–H groups in total. The van der Waals surface area contributed by atoms with Gasteiger partial charge in [0.1, 0.15) is 5.75 Å². The number of para-hydroxylation sites is 1. The van der Waals surface area contributed by atoms with E-state index in [4.69, 9.17) is 9.84 Å². The number of carbonyl (C=O) groups is 1. The maximum absolute atomic E-state index is 11.0. The topological polar surface area (TPSA) is 58.6 Å². The number of rotatable bonds is 5. The molecule has 1 rings (SSSR count). The molecule has 1 aromatic carbocycles. The summed E-state index contributed by atoms with van der Waals surface area (Å²) in [6, 6.07) is 5.59. The van der Waals surface area contributed by atoms with Crippen molar-refractivity contribution in [2.75, 3.05) is 13.7 Å². The molecular weight excluding hydrogens is 206 g/mol. The number of amides is 1. The minimum Gasteiger partial charge on any atom is -0.492 e. The van der Waals surface area contributed by atoms with Crippen LogP contribution in [0.3, 0.4) is 0 Å². The molecular formula is C12H17NO3. The maximum atomic E-state index is 11.0. The van der Waals surface area contributed by atoms with Crippen LogP contribution in [0.5, 0.6) is 5.75 Å². The van der Waals surface area contributed by atoms with E-state index in [1.54, 1.807) is 7.05 Å². The smallest absolute Gasteiger partial charge is 0.223 e. The van der Waals surface area contributed by atoms with Crippen molar-refractivity contribution >= 4 is 5.91 Å². The van der Waals surface area contributed by atoms with Crippen molar-refractivity contribution in [1.82, 2.24) is 5.32 Å². The van der Waals surface area contributed by atoms with Gasteiger partial charge in [0.05, 0.1) is 19.6 Å². The summed E-state index contributed by atoms with van der Waals surface area (Å²) in [5.41, 5.74) is 1.71. The predicted octanol–water partition coefficient (Wildman–Crippen LogP) is 1.00. The molecule has 0 spiro atoms. The molecule has 0 saturated carbocycles. The average molecular weight is 223 g/mol. The van der Waals surface area contributed by atoms with Crippen LogP contribution in [-0.2, 0) is 11.4 Å². The van der Waals surface area contributed by atoms with Crippen LogP contribution in [0.1, 0.15) is 17.5 Å². The normalized spacial score (nSPS) is 9.94. The summed E-state index contributed by atoms with van der Waals surface area (Å²) in [6.07, 6.45) is 0.315. The molecule has 0 fully saturated rings. The van der Waals surface area contributed by atoms with Gasteiger partial charge in [-0.3, -0.25) is 4.79 Å². The zero-order valence-corrected chi connectivity index (χ0v) is 9.62. The van der Waals surface area contributed by atoms with E-state index in [2.05, 4.69) is 5.32 Å². The monoisotopic (exact) mass is 223 g/mol. The highest BCUT2D eigenvalue weighted by molar-refractivity contribution is 5.75. The van der Waals surface area contributed by atoms with Gasteiger partial charge >= 0.3 is 0 Å². The molecule has 0 aromatic heterocycles. The maximum Gasteiger partial charge on any atom is 0.223 e. The van der Waals surface area contributed by atoms with E-state index in [9.17, 15) is 4.79 Å². The van der Waals surface area contributed by atoms with Gasteiger partial charge in [-0.05, 0) is 12.5 Å². The first-order valence-corrected chi connectivity index (χ1v) is 5.21. The highest BCUT2D eigenvalue weighted by Crippen LogP contribution is 2.23. The van der Waals surface area contributed by atoms with Gasteiger partial charge in [-0.2, -0.15) is 0 Å². The first-order chi connectivity index (χ1) is 7.69. The van der Waals surface area contributed by atoms with Crippen LogP contribution in [0.4, 0.5) is 0 Å². The van der Waals surface area contributed by atoms with Crippen LogP contribution in [0.25, 0.3) is 0 Å². The molecule has 16 heavy (non-hydrogen) atoms. The van der Waals surface area contributed by atoms with E-state index >= 15 is 0 Å². The van der Waals surface area contributed by atoms with Gasteiger partial charge in [0.25, 0.3) is 0 Å². The Labute approximate surface area is 95.2 Å². The number of aliphatic hydroxyl groups is 1. The first-order valence-electron chi connectivity index (χ1n) is 5.21. The molecule has 4 heteroatoms. The Kier molecular flexibility index (Phi) is 4.79. The Morgan fingerprint density at radius 2 is 2.25 bits per heavy atom. The lowest BCUT2D eigenvalue weighted by Gasteiger charge is -2.12. The van der Waals surface area contributed by atoms with E-state index in [1.165, 1.54) is 0 Å². The molecule has 88 valence electrons. The Hall–Kier alpha value is -1.55. The minimum atomic E-state index is -0.0585. The lowest BCUT2D eigenvalue weighted by molar-refractivity contribution is -0.121. The zero-order valence-electron chi connectivity index (χ0n) is 9.62. The number of carbonyl (C=O) groups excluding carboxylic acids is 1. The number of aryl methyl sites for hydroxylation is 1. The molecule has 1 amide bonds. The van der Waals surface area contributed by atoms with E-state index in [0.29, 0.717) is 18.8 Å². The van der Waals surface area contributed by atoms with Crippen molar-refractivity contribution in [2.24, 2.45) is 0 Å². The van der Waals surface area contributed by atoms with Gasteiger partial charge in [-0.1, -0.05) is 18.2 Å². The molecule has 0 radical (unpaired) electrons. The van der Waals surface area contributed by atoms with E-state index in [0.717, 1.165) is 11.1 Å². The molecule has 0 aliphatic heterocycles. The molecule has 4 nitrogen and oxygen atoms in total. The SMILES string of the molecule is CNC(=O)CCOc1c(C)cccc1CO. The summed E-state index contributed by atoms with van der Waals surface area (Å²) in [4.78, 5) is 11.0. The van der Waals surface area contributed by atoms with Crippen LogP contribution >= 0.6 is 0 Å². The second-order valence-corrected chi connectivity index (χ2v) is 3.49. The summed E-state index contributed by atoms with van der Waals surface area (Å²) < 4.78 is 5.51. The number of nitrogens with one attached hydrogen (secondary N) is 1. The summed E-state index contributed by atoms with van der Waals surface area (Å²) >= 11 is 0. The molecule has 0 atom stereocenters. The minimum absolute atomic E-state index is 0.0564. The number of aliphatic hydroxyl groups excluding tert-OH is 1. The fraction of sp³-hybridized carbons (Fsp3) is 0.417. The van der Waals surface area contributed by atoms with Gasteiger partial charge in [-0.25, -0.2) is 0 Å². The third-order valence-corrected chi connectivity index (χ3v) is 2.32. The average Bonchev–Trinajstić information content (AvgIpc) is 2.30.